The molecule has 0 saturated heterocycles. The third-order valence-electron chi connectivity index (χ3n) is 4.78. The number of hydrogen-bond acceptors (Lipinski definition) is 3. The van der Waals surface area contributed by atoms with Crippen molar-refractivity contribution in [2.45, 2.75) is 24.8 Å². The molecule has 2 unspecified atom stereocenters. The first-order valence-corrected chi connectivity index (χ1v) is 8.57. The van der Waals surface area contributed by atoms with Gasteiger partial charge in [0.2, 0.25) is 5.91 Å². The van der Waals surface area contributed by atoms with Crippen molar-refractivity contribution in [3.8, 4) is 0 Å². The van der Waals surface area contributed by atoms with Crippen LogP contribution in [0, 0.1) is 17.5 Å². The molecule has 0 aliphatic heterocycles. The number of benzene rings is 2. The lowest BCUT2D eigenvalue weighted by Gasteiger charge is -2.29. The molecule has 142 valence electrons. The molecule has 1 amide bonds. The number of allylic oxidation sites excluding steroid dienone is 1. The number of halogens is 3. The summed E-state index contributed by atoms with van der Waals surface area (Å²) in [5.41, 5.74) is 13.7. The van der Waals surface area contributed by atoms with E-state index in [1.165, 1.54) is 0 Å². The molecule has 0 saturated carbocycles. The van der Waals surface area contributed by atoms with Crippen LogP contribution in [0.1, 0.15) is 34.7 Å². The van der Waals surface area contributed by atoms with Crippen LogP contribution in [-0.4, -0.2) is 18.5 Å². The first-order valence-electron chi connectivity index (χ1n) is 8.57. The first kappa shape index (κ1) is 19.0. The van der Waals surface area contributed by atoms with E-state index >= 15 is 0 Å². The zero-order valence-corrected chi connectivity index (χ0v) is 14.5. The van der Waals surface area contributed by atoms with Crippen LogP contribution in [0.2, 0.25) is 0 Å². The average molecular weight is 375 g/mol. The van der Waals surface area contributed by atoms with Gasteiger partial charge < -0.3 is 16.8 Å². The topological polar surface area (TPSA) is 81.1 Å². The normalized spacial score (nSPS) is 19.5. The van der Waals surface area contributed by atoms with E-state index in [-0.39, 0.29) is 5.56 Å². The van der Waals surface area contributed by atoms with Crippen LogP contribution in [-0.2, 0) is 0 Å². The molecule has 2 atom stereocenters. The summed E-state index contributed by atoms with van der Waals surface area (Å²) in [5, 5.41) is 3.20. The van der Waals surface area contributed by atoms with Crippen LogP contribution in [0.4, 0.5) is 18.9 Å². The van der Waals surface area contributed by atoms with E-state index in [1.54, 1.807) is 18.2 Å². The monoisotopic (exact) mass is 375 g/mol. The first-order chi connectivity index (χ1) is 12.8. The van der Waals surface area contributed by atoms with Gasteiger partial charge in [-0.3, -0.25) is 4.79 Å². The summed E-state index contributed by atoms with van der Waals surface area (Å²) in [7, 11) is 0. The van der Waals surface area contributed by atoms with E-state index in [4.69, 9.17) is 11.5 Å². The van der Waals surface area contributed by atoms with Crippen molar-refractivity contribution in [1.82, 2.24) is 0 Å². The predicted molar refractivity (Wildman–Crippen MR) is 97.8 cm³/mol. The Labute approximate surface area is 155 Å². The van der Waals surface area contributed by atoms with Crippen LogP contribution < -0.4 is 16.8 Å². The highest BCUT2D eigenvalue weighted by atomic mass is 19.2. The van der Waals surface area contributed by atoms with E-state index in [9.17, 15) is 18.0 Å². The number of nitrogens with two attached hydrogens (primary N) is 2. The molecule has 0 aromatic heterocycles. The fraction of sp³-hybridized carbons (Fsp3) is 0.250. The average Bonchev–Trinajstić information content (AvgIpc) is 2.64. The Kier molecular flexibility index (Phi) is 5.51. The zero-order valence-electron chi connectivity index (χ0n) is 14.5. The maximum atomic E-state index is 14.0. The fourth-order valence-electron chi connectivity index (χ4n) is 3.32. The van der Waals surface area contributed by atoms with E-state index in [2.05, 4.69) is 5.32 Å². The molecule has 0 bridgehead atoms. The Balaban J connectivity index is 1.68. The molecule has 0 fully saturated rings. The molecular weight excluding hydrogens is 355 g/mol. The number of primary amides is 1. The van der Waals surface area contributed by atoms with Gasteiger partial charge in [-0.15, -0.1) is 0 Å². The molecule has 27 heavy (non-hydrogen) atoms. The Morgan fingerprint density at radius 1 is 1.11 bits per heavy atom. The minimum atomic E-state index is -1.21. The molecule has 2 aromatic rings. The molecule has 3 rings (SSSR count). The summed E-state index contributed by atoms with van der Waals surface area (Å²) >= 11 is 0. The Morgan fingerprint density at radius 3 is 2.56 bits per heavy atom. The maximum Gasteiger partial charge on any atom is 0.248 e. The van der Waals surface area contributed by atoms with E-state index < -0.39 is 35.3 Å². The minimum absolute atomic E-state index is 0.0961. The number of nitrogens with one attached hydrogen (secondary N) is 1. The van der Waals surface area contributed by atoms with Gasteiger partial charge in [0.15, 0.2) is 11.6 Å². The van der Waals surface area contributed by atoms with Crippen molar-refractivity contribution in [2.75, 3.05) is 11.9 Å². The van der Waals surface area contributed by atoms with Gasteiger partial charge in [0.05, 0.1) is 0 Å². The van der Waals surface area contributed by atoms with Gasteiger partial charge >= 0.3 is 0 Å². The Hall–Kier alpha value is -2.80. The molecule has 7 heteroatoms. The minimum Gasteiger partial charge on any atom is -0.381 e. The molecule has 0 radical (unpaired) electrons. The molecule has 0 spiro atoms. The van der Waals surface area contributed by atoms with Crippen LogP contribution in [0.15, 0.2) is 48.0 Å². The summed E-state index contributed by atoms with van der Waals surface area (Å²) in [6, 6.07) is 7.87. The van der Waals surface area contributed by atoms with Gasteiger partial charge in [-0.2, -0.15) is 0 Å². The molecule has 4 nitrogen and oxygen atoms in total. The van der Waals surface area contributed by atoms with Gasteiger partial charge in [0, 0.05) is 35.8 Å². The maximum absolute atomic E-state index is 14.0. The number of carbonyl (C=O) groups excluding carboxylic acids is 1. The third-order valence-corrected chi connectivity index (χ3v) is 4.78. The Bertz CT molecular complexity index is 898. The van der Waals surface area contributed by atoms with Crippen molar-refractivity contribution in [1.29, 1.82) is 0 Å². The largest absolute Gasteiger partial charge is 0.381 e. The molecule has 5 N–H and O–H groups in total. The van der Waals surface area contributed by atoms with Gasteiger partial charge in [-0.1, -0.05) is 17.7 Å². The molecule has 0 heterocycles. The van der Waals surface area contributed by atoms with Gasteiger partial charge in [0.25, 0.3) is 0 Å². The smallest absolute Gasteiger partial charge is 0.248 e. The van der Waals surface area contributed by atoms with Crippen LogP contribution >= 0.6 is 0 Å². The van der Waals surface area contributed by atoms with E-state index in [1.807, 2.05) is 12.1 Å². The van der Waals surface area contributed by atoms with E-state index in [0.29, 0.717) is 31.0 Å². The lowest BCUT2D eigenvalue weighted by Crippen LogP contribution is -2.33. The van der Waals surface area contributed by atoms with Crippen LogP contribution in [0.25, 0.3) is 0 Å². The highest BCUT2D eigenvalue weighted by molar-refractivity contribution is 5.93. The lowest BCUT2D eigenvalue weighted by atomic mass is 9.80. The van der Waals surface area contributed by atoms with Gasteiger partial charge in [-0.25, -0.2) is 13.2 Å². The van der Waals surface area contributed by atoms with Crippen LogP contribution in [0.5, 0.6) is 0 Å². The highest BCUT2D eigenvalue weighted by Gasteiger charge is 2.27. The van der Waals surface area contributed by atoms with Crippen molar-refractivity contribution in [3.63, 3.8) is 0 Å². The summed E-state index contributed by atoms with van der Waals surface area (Å²) in [5.74, 6) is -3.99. The number of hydrogen-bond donors (Lipinski definition) is 3. The predicted octanol–water partition coefficient (Wildman–Crippen LogP) is 3.45. The number of amides is 1. The van der Waals surface area contributed by atoms with Crippen molar-refractivity contribution < 1.29 is 18.0 Å². The molecule has 1 aliphatic rings. The van der Waals surface area contributed by atoms with Gasteiger partial charge in [-0.05, 0) is 42.7 Å². The second-order valence-electron chi connectivity index (χ2n) is 6.66. The number of rotatable bonds is 5. The third kappa shape index (κ3) is 4.31. The number of anilines is 1. The van der Waals surface area contributed by atoms with Crippen molar-refractivity contribution in [3.05, 3.63) is 76.6 Å². The van der Waals surface area contributed by atoms with Crippen LogP contribution in [0.3, 0.4) is 0 Å². The van der Waals surface area contributed by atoms with Crippen molar-refractivity contribution >= 4 is 11.6 Å². The molecule has 1 aliphatic carbocycles. The second-order valence-corrected chi connectivity index (χ2v) is 6.66. The fourth-order valence-corrected chi connectivity index (χ4v) is 3.32. The van der Waals surface area contributed by atoms with Gasteiger partial charge in [0.1, 0.15) is 5.82 Å². The Morgan fingerprint density at radius 2 is 1.85 bits per heavy atom. The number of carbonyl (C=O) groups is 1. The zero-order chi connectivity index (χ0) is 19.6. The summed E-state index contributed by atoms with van der Waals surface area (Å²) in [6.07, 6.45) is 2.85. The molecule has 2 aromatic carbocycles. The summed E-state index contributed by atoms with van der Waals surface area (Å²) in [4.78, 5) is 11.2. The summed E-state index contributed by atoms with van der Waals surface area (Å²) < 4.78 is 40.6. The standard InChI is InChI=1S/C20H20F3N3O/c21-16-9-18(23)17(22)8-15(16)14-5-4-11(6-19(14)24)10-26-13-3-1-2-12(7-13)20(25)27/h1-4,7-9,14,19,26H,5-6,10,24H2,(H2,25,27). The van der Waals surface area contributed by atoms with Crippen molar-refractivity contribution in [2.24, 2.45) is 11.5 Å². The SMILES string of the molecule is NC(=O)c1cccc(NCC2=CCC(c3cc(F)c(F)cc3F)C(N)C2)c1. The summed E-state index contributed by atoms with van der Waals surface area (Å²) in [6.45, 7) is 0.503. The quantitative estimate of drug-likeness (QED) is 0.553. The highest BCUT2D eigenvalue weighted by Crippen LogP contribution is 2.33. The lowest BCUT2D eigenvalue weighted by molar-refractivity contribution is 0.100. The van der Waals surface area contributed by atoms with E-state index in [0.717, 1.165) is 17.3 Å². The molecular formula is C20H20F3N3O. The second kappa shape index (κ2) is 7.84.